The maximum atomic E-state index is 6.61. The molecular formula is C16H24Cl2N2O2. The van der Waals surface area contributed by atoms with Crippen LogP contribution in [0.4, 0.5) is 0 Å². The molecule has 4 unspecified atom stereocenters. The van der Waals surface area contributed by atoms with Crippen molar-refractivity contribution in [2.24, 2.45) is 11.8 Å². The van der Waals surface area contributed by atoms with Crippen LogP contribution in [-0.2, 0) is 9.47 Å². The molecule has 1 aliphatic carbocycles. The first-order chi connectivity index (χ1) is 10.4. The Morgan fingerprint density at radius 2 is 2.27 bits per heavy atom. The van der Waals surface area contributed by atoms with E-state index in [9.17, 15) is 0 Å². The average Bonchev–Trinajstić information content (AvgIpc) is 2.89. The average molecular weight is 347 g/mol. The Labute approximate surface area is 142 Å². The van der Waals surface area contributed by atoms with Crippen LogP contribution in [0.15, 0.2) is 35.5 Å². The fraction of sp³-hybridized carbons (Fsp3) is 0.625. The van der Waals surface area contributed by atoms with Gasteiger partial charge in [-0.05, 0) is 12.5 Å². The van der Waals surface area contributed by atoms with Crippen molar-refractivity contribution in [2.75, 3.05) is 13.2 Å². The normalized spacial score (nSPS) is 35.0. The molecule has 1 heterocycles. The van der Waals surface area contributed by atoms with Gasteiger partial charge >= 0.3 is 0 Å². The Bertz CT molecular complexity index is 481. The first-order valence-corrected chi connectivity index (χ1v) is 8.42. The SMILES string of the molecule is C=CN(N)CC1(C2=CC=C(Cl)C(C)C2Cl)OCC(CCC)O1. The summed E-state index contributed by atoms with van der Waals surface area (Å²) in [6.07, 6.45) is 7.31. The maximum absolute atomic E-state index is 6.61. The number of nitrogens with zero attached hydrogens (tertiary/aromatic N) is 1. The van der Waals surface area contributed by atoms with Crippen LogP contribution in [0, 0.1) is 5.92 Å². The maximum Gasteiger partial charge on any atom is 0.212 e. The second kappa shape index (κ2) is 7.37. The molecule has 2 rings (SSSR count). The van der Waals surface area contributed by atoms with Crippen LogP contribution < -0.4 is 5.84 Å². The van der Waals surface area contributed by atoms with E-state index < -0.39 is 5.79 Å². The number of nitrogens with two attached hydrogens (primary N) is 1. The molecule has 0 aromatic rings. The standard InChI is InChI=1S/C16H24Cl2N2O2/c1-4-6-12-9-21-16(22-12,10-20(19)5-2)13-7-8-14(17)11(3)15(13)18/h5,7-8,11-12,15H,2,4,6,9-10,19H2,1,3H3. The summed E-state index contributed by atoms with van der Waals surface area (Å²) in [7, 11) is 0. The van der Waals surface area contributed by atoms with Gasteiger partial charge in [-0.15, -0.1) is 11.6 Å². The molecule has 0 aromatic heterocycles. The van der Waals surface area contributed by atoms with Crippen molar-refractivity contribution in [3.05, 3.63) is 35.5 Å². The van der Waals surface area contributed by atoms with Crippen LogP contribution >= 0.6 is 23.2 Å². The van der Waals surface area contributed by atoms with Crippen LogP contribution in [0.1, 0.15) is 26.7 Å². The van der Waals surface area contributed by atoms with Crippen LogP contribution in [0.3, 0.4) is 0 Å². The summed E-state index contributed by atoms with van der Waals surface area (Å²) in [5, 5.41) is 1.90. The predicted molar refractivity (Wildman–Crippen MR) is 90.4 cm³/mol. The topological polar surface area (TPSA) is 47.7 Å². The largest absolute Gasteiger partial charge is 0.342 e. The number of hydrogen-bond donors (Lipinski definition) is 1. The summed E-state index contributed by atoms with van der Waals surface area (Å²) < 4.78 is 12.3. The number of halogens is 2. The van der Waals surface area contributed by atoms with Crippen molar-refractivity contribution >= 4 is 23.2 Å². The molecule has 0 spiro atoms. The van der Waals surface area contributed by atoms with Gasteiger partial charge in [-0.2, -0.15) is 0 Å². The second-order valence-electron chi connectivity index (χ2n) is 5.81. The van der Waals surface area contributed by atoms with Gasteiger partial charge in [-0.3, -0.25) is 0 Å². The number of allylic oxidation sites excluding steroid dienone is 3. The van der Waals surface area contributed by atoms with Crippen molar-refractivity contribution in [3.8, 4) is 0 Å². The number of hydrazine groups is 1. The highest BCUT2D eigenvalue weighted by Gasteiger charge is 2.49. The first kappa shape index (κ1) is 17.8. The van der Waals surface area contributed by atoms with Crippen molar-refractivity contribution in [1.82, 2.24) is 5.01 Å². The lowest BCUT2D eigenvalue weighted by Crippen LogP contribution is -2.49. The molecule has 124 valence electrons. The smallest absolute Gasteiger partial charge is 0.212 e. The van der Waals surface area contributed by atoms with E-state index in [1.807, 2.05) is 19.1 Å². The molecule has 4 atom stereocenters. The molecule has 22 heavy (non-hydrogen) atoms. The highest BCUT2D eigenvalue weighted by molar-refractivity contribution is 6.32. The monoisotopic (exact) mass is 346 g/mol. The van der Waals surface area contributed by atoms with Gasteiger partial charge in [0.05, 0.1) is 24.6 Å². The minimum Gasteiger partial charge on any atom is -0.342 e. The van der Waals surface area contributed by atoms with Gasteiger partial charge in [-0.25, -0.2) is 5.84 Å². The van der Waals surface area contributed by atoms with Crippen LogP contribution in [0.2, 0.25) is 0 Å². The third kappa shape index (κ3) is 3.52. The molecular weight excluding hydrogens is 323 g/mol. The Kier molecular flexibility index (Phi) is 5.97. The molecule has 1 aliphatic heterocycles. The van der Waals surface area contributed by atoms with Gasteiger partial charge in [0.15, 0.2) is 0 Å². The minimum atomic E-state index is -0.947. The van der Waals surface area contributed by atoms with Crippen molar-refractivity contribution in [1.29, 1.82) is 0 Å². The van der Waals surface area contributed by atoms with Crippen LogP contribution in [0.25, 0.3) is 0 Å². The third-order valence-corrected chi connectivity index (χ3v) is 5.21. The Morgan fingerprint density at radius 1 is 1.55 bits per heavy atom. The fourth-order valence-corrected chi connectivity index (χ4v) is 3.45. The van der Waals surface area contributed by atoms with E-state index >= 15 is 0 Å². The first-order valence-electron chi connectivity index (χ1n) is 7.61. The lowest BCUT2D eigenvalue weighted by atomic mass is 9.89. The van der Waals surface area contributed by atoms with Crippen molar-refractivity contribution < 1.29 is 9.47 Å². The number of hydrogen-bond acceptors (Lipinski definition) is 4. The summed E-state index contributed by atoms with van der Waals surface area (Å²) in [4.78, 5) is 0. The molecule has 0 radical (unpaired) electrons. The Hall–Kier alpha value is -0.520. The molecule has 0 saturated carbocycles. The van der Waals surface area contributed by atoms with Gasteiger partial charge in [0, 0.05) is 22.7 Å². The lowest BCUT2D eigenvalue weighted by Gasteiger charge is -2.38. The molecule has 6 heteroatoms. The Balaban J connectivity index is 2.31. The van der Waals surface area contributed by atoms with Gasteiger partial charge in [0.1, 0.15) is 0 Å². The molecule has 2 N–H and O–H groups in total. The molecule has 0 amide bonds. The molecule has 1 fully saturated rings. The molecule has 4 nitrogen and oxygen atoms in total. The van der Waals surface area contributed by atoms with E-state index in [1.165, 1.54) is 5.01 Å². The predicted octanol–water partition coefficient (Wildman–Crippen LogP) is 3.52. The summed E-state index contributed by atoms with van der Waals surface area (Å²) in [5.74, 6) is 4.98. The zero-order chi connectivity index (χ0) is 16.3. The van der Waals surface area contributed by atoms with Crippen molar-refractivity contribution in [2.45, 2.75) is 44.0 Å². The Morgan fingerprint density at radius 3 is 2.91 bits per heavy atom. The van der Waals surface area contributed by atoms with E-state index in [1.54, 1.807) is 6.20 Å². The number of ether oxygens (including phenoxy) is 2. The summed E-state index contributed by atoms with van der Waals surface area (Å²) in [5.41, 5.74) is 0.863. The van der Waals surface area contributed by atoms with E-state index in [-0.39, 0.29) is 17.4 Å². The van der Waals surface area contributed by atoms with Gasteiger partial charge in [-0.1, -0.05) is 44.5 Å². The van der Waals surface area contributed by atoms with E-state index in [0.29, 0.717) is 13.2 Å². The molecule has 0 aromatic carbocycles. The minimum absolute atomic E-state index is 0.00703. The molecule has 1 saturated heterocycles. The number of rotatable bonds is 6. The zero-order valence-corrected chi connectivity index (χ0v) is 14.6. The highest BCUT2D eigenvalue weighted by atomic mass is 35.5. The van der Waals surface area contributed by atoms with Gasteiger partial charge in [0.2, 0.25) is 5.79 Å². The fourth-order valence-electron chi connectivity index (χ4n) is 2.82. The molecule has 2 aliphatic rings. The molecule has 0 bridgehead atoms. The highest BCUT2D eigenvalue weighted by Crippen LogP contribution is 2.42. The third-order valence-electron chi connectivity index (χ3n) is 4.13. The van der Waals surface area contributed by atoms with Gasteiger partial charge in [0.25, 0.3) is 0 Å². The van der Waals surface area contributed by atoms with Gasteiger partial charge < -0.3 is 14.5 Å². The summed E-state index contributed by atoms with van der Waals surface area (Å²) in [6.45, 7) is 8.67. The van der Waals surface area contributed by atoms with E-state index in [4.69, 9.17) is 38.5 Å². The van der Waals surface area contributed by atoms with E-state index in [0.717, 1.165) is 23.4 Å². The van der Waals surface area contributed by atoms with Crippen molar-refractivity contribution in [3.63, 3.8) is 0 Å². The summed E-state index contributed by atoms with van der Waals surface area (Å²) >= 11 is 12.8. The van der Waals surface area contributed by atoms with Crippen LogP contribution in [-0.4, -0.2) is 35.4 Å². The summed E-state index contributed by atoms with van der Waals surface area (Å²) in [6, 6.07) is 0. The second-order valence-corrected chi connectivity index (χ2v) is 6.72. The lowest BCUT2D eigenvalue weighted by molar-refractivity contribution is -0.150. The van der Waals surface area contributed by atoms with E-state index in [2.05, 4.69) is 13.5 Å². The zero-order valence-electron chi connectivity index (χ0n) is 13.1. The van der Waals surface area contributed by atoms with Crippen LogP contribution in [0.5, 0.6) is 0 Å². The quantitative estimate of drug-likeness (QED) is 0.454. The number of alkyl halides is 1.